The van der Waals surface area contributed by atoms with Crippen molar-refractivity contribution in [1.29, 1.82) is 0 Å². The Morgan fingerprint density at radius 2 is 1.80 bits per heavy atom. The molecule has 0 aromatic heterocycles. The number of piperidine rings is 1. The highest BCUT2D eigenvalue weighted by atomic mass is 32.1. The van der Waals surface area contributed by atoms with E-state index < -0.39 is 5.97 Å². The van der Waals surface area contributed by atoms with Gasteiger partial charge in [0.05, 0.1) is 6.54 Å². The summed E-state index contributed by atoms with van der Waals surface area (Å²) >= 11 is 5.56. The molecule has 0 radical (unpaired) electrons. The highest BCUT2D eigenvalue weighted by Gasteiger charge is 2.21. The molecule has 25 heavy (non-hydrogen) atoms. The number of carboxylic acid groups (broad SMARTS) is 1. The highest BCUT2D eigenvalue weighted by molar-refractivity contribution is 7.80. The maximum atomic E-state index is 10.8. The first-order chi connectivity index (χ1) is 12.1. The van der Waals surface area contributed by atoms with Gasteiger partial charge < -0.3 is 20.6 Å². The van der Waals surface area contributed by atoms with Gasteiger partial charge in [0.2, 0.25) is 0 Å². The number of hydrogen-bond acceptors (Lipinski definition) is 5. The molecule has 3 rings (SSSR count). The van der Waals surface area contributed by atoms with Gasteiger partial charge in [0.1, 0.15) is 4.99 Å². The second kappa shape index (κ2) is 8.60. The largest absolute Gasteiger partial charge is 0.480 e. The van der Waals surface area contributed by atoms with Crippen LogP contribution in [0.25, 0.3) is 0 Å². The van der Waals surface area contributed by atoms with E-state index in [1.54, 1.807) is 0 Å². The molecule has 0 amide bonds. The van der Waals surface area contributed by atoms with Crippen LogP contribution in [-0.2, 0) is 4.79 Å². The molecular weight excluding hydrogens is 336 g/mol. The first kappa shape index (κ1) is 18.1. The van der Waals surface area contributed by atoms with E-state index in [4.69, 9.17) is 17.3 Å². The van der Waals surface area contributed by atoms with Crippen LogP contribution in [0.1, 0.15) is 18.4 Å². The molecule has 0 unspecified atom stereocenters. The summed E-state index contributed by atoms with van der Waals surface area (Å²) in [5.74, 6) is -0.758. The van der Waals surface area contributed by atoms with Crippen LogP contribution in [0.2, 0.25) is 0 Å². The molecule has 2 heterocycles. The summed E-state index contributed by atoms with van der Waals surface area (Å²) in [5, 5.41) is 15.7. The summed E-state index contributed by atoms with van der Waals surface area (Å²) in [6, 6.07) is 8.79. The Morgan fingerprint density at radius 3 is 2.40 bits per heavy atom. The van der Waals surface area contributed by atoms with E-state index in [0.717, 1.165) is 62.7 Å². The number of likely N-dealkylation sites (tertiary alicyclic amines) is 1. The van der Waals surface area contributed by atoms with Gasteiger partial charge in [0.25, 0.3) is 0 Å². The van der Waals surface area contributed by atoms with Crippen LogP contribution >= 0.6 is 12.2 Å². The lowest BCUT2D eigenvalue weighted by molar-refractivity contribution is -0.138. The molecule has 0 bridgehead atoms. The van der Waals surface area contributed by atoms with Gasteiger partial charge in [-0.15, -0.1) is 0 Å². The summed E-state index contributed by atoms with van der Waals surface area (Å²) < 4.78 is 0. The molecule has 0 atom stereocenters. The molecule has 0 spiro atoms. The lowest BCUT2D eigenvalue weighted by Crippen LogP contribution is -2.45. The maximum Gasteiger partial charge on any atom is 0.317 e. The van der Waals surface area contributed by atoms with Crippen molar-refractivity contribution in [3.63, 3.8) is 0 Å². The quantitative estimate of drug-likeness (QED) is 0.673. The van der Waals surface area contributed by atoms with E-state index in [9.17, 15) is 4.79 Å². The van der Waals surface area contributed by atoms with E-state index in [1.807, 2.05) is 4.90 Å². The predicted molar refractivity (Wildman–Crippen MR) is 103 cm³/mol. The normalized spacial score (nSPS) is 19.6. The van der Waals surface area contributed by atoms with Gasteiger partial charge in [-0.25, -0.2) is 0 Å². The molecular formula is C18H26N4O2S. The van der Waals surface area contributed by atoms with Crippen molar-refractivity contribution in [3.8, 4) is 0 Å². The lowest BCUT2D eigenvalue weighted by Gasteiger charge is -2.32. The number of nitrogens with zero attached hydrogens (tertiary/aromatic N) is 2. The molecule has 3 N–H and O–H groups in total. The molecule has 0 aliphatic carbocycles. The number of thiocarbonyl (C=S) groups is 1. The van der Waals surface area contributed by atoms with Gasteiger partial charge >= 0.3 is 5.97 Å². The van der Waals surface area contributed by atoms with Crippen LogP contribution in [0.3, 0.4) is 0 Å². The van der Waals surface area contributed by atoms with Crippen molar-refractivity contribution in [2.24, 2.45) is 0 Å². The van der Waals surface area contributed by atoms with Gasteiger partial charge in [-0.1, -0.05) is 12.2 Å². The Labute approximate surface area is 154 Å². The number of benzene rings is 1. The van der Waals surface area contributed by atoms with E-state index in [0.29, 0.717) is 6.04 Å². The van der Waals surface area contributed by atoms with Gasteiger partial charge in [0, 0.05) is 56.6 Å². The summed E-state index contributed by atoms with van der Waals surface area (Å²) in [6.07, 6.45) is 1.85. The SMILES string of the molecule is O=C(O)CN1CCC(NC(=S)c2ccc(N3CCNCC3)cc2)CC1. The summed E-state index contributed by atoms with van der Waals surface area (Å²) in [6.45, 7) is 5.87. The second-order valence-electron chi connectivity index (χ2n) is 6.70. The predicted octanol–water partition coefficient (Wildman–Crippen LogP) is 0.910. The molecule has 2 aliphatic rings. The Bertz CT molecular complexity index is 594. The fourth-order valence-electron chi connectivity index (χ4n) is 3.44. The minimum Gasteiger partial charge on any atom is -0.480 e. The van der Waals surface area contributed by atoms with Crippen molar-refractivity contribution in [1.82, 2.24) is 15.5 Å². The fourth-order valence-corrected chi connectivity index (χ4v) is 3.74. The molecule has 2 aliphatic heterocycles. The number of nitrogens with one attached hydrogen (secondary N) is 2. The van der Waals surface area contributed by atoms with Crippen LogP contribution in [0.4, 0.5) is 5.69 Å². The maximum absolute atomic E-state index is 10.8. The van der Waals surface area contributed by atoms with Crippen LogP contribution in [-0.4, -0.2) is 72.8 Å². The molecule has 1 aromatic carbocycles. The van der Waals surface area contributed by atoms with Crippen LogP contribution < -0.4 is 15.5 Å². The summed E-state index contributed by atoms with van der Waals surface area (Å²) in [7, 11) is 0. The van der Waals surface area contributed by atoms with Gasteiger partial charge in [-0.05, 0) is 37.1 Å². The Morgan fingerprint density at radius 1 is 1.16 bits per heavy atom. The van der Waals surface area contributed by atoms with Gasteiger partial charge in [0.15, 0.2) is 0 Å². The number of carbonyl (C=O) groups is 1. The Hall–Kier alpha value is -1.70. The summed E-state index contributed by atoms with van der Waals surface area (Å²) in [4.78, 5) is 15.9. The van der Waals surface area contributed by atoms with Gasteiger partial charge in [-0.2, -0.15) is 0 Å². The summed E-state index contributed by atoms with van der Waals surface area (Å²) in [5.41, 5.74) is 2.29. The lowest BCUT2D eigenvalue weighted by atomic mass is 10.0. The zero-order valence-corrected chi connectivity index (χ0v) is 15.2. The minimum absolute atomic E-state index is 0.130. The van der Waals surface area contributed by atoms with Crippen LogP contribution in [0.15, 0.2) is 24.3 Å². The first-order valence-electron chi connectivity index (χ1n) is 8.92. The monoisotopic (exact) mass is 362 g/mol. The molecule has 2 fully saturated rings. The van der Waals surface area contributed by atoms with Crippen molar-refractivity contribution >= 4 is 28.9 Å². The zero-order chi connectivity index (χ0) is 17.6. The third-order valence-corrected chi connectivity index (χ3v) is 5.25. The number of rotatable bonds is 5. The average molecular weight is 362 g/mol. The van der Waals surface area contributed by atoms with E-state index in [2.05, 4.69) is 39.8 Å². The van der Waals surface area contributed by atoms with E-state index in [-0.39, 0.29) is 6.54 Å². The van der Waals surface area contributed by atoms with Crippen molar-refractivity contribution in [2.75, 3.05) is 50.7 Å². The molecule has 6 nitrogen and oxygen atoms in total. The molecule has 2 saturated heterocycles. The number of aliphatic carboxylic acids is 1. The number of hydrogen-bond donors (Lipinski definition) is 3. The minimum atomic E-state index is -0.758. The number of carboxylic acids is 1. The topological polar surface area (TPSA) is 67.8 Å². The Kier molecular flexibility index (Phi) is 6.23. The van der Waals surface area contributed by atoms with Crippen molar-refractivity contribution in [3.05, 3.63) is 29.8 Å². The Balaban J connectivity index is 1.49. The van der Waals surface area contributed by atoms with Gasteiger partial charge in [-0.3, -0.25) is 9.69 Å². The standard InChI is InChI=1S/C18H26N4O2S/c23-17(24)13-21-9-5-15(6-10-21)20-18(25)14-1-3-16(4-2-14)22-11-7-19-8-12-22/h1-4,15,19H,5-13H2,(H,20,25)(H,23,24). The highest BCUT2D eigenvalue weighted by Crippen LogP contribution is 2.17. The van der Waals surface area contributed by atoms with Crippen LogP contribution in [0, 0.1) is 0 Å². The molecule has 7 heteroatoms. The fraction of sp³-hybridized carbons (Fsp3) is 0.556. The van der Waals surface area contributed by atoms with Crippen molar-refractivity contribution in [2.45, 2.75) is 18.9 Å². The third-order valence-electron chi connectivity index (χ3n) is 4.89. The van der Waals surface area contributed by atoms with Crippen LogP contribution in [0.5, 0.6) is 0 Å². The molecule has 136 valence electrons. The third kappa shape index (κ3) is 5.14. The second-order valence-corrected chi connectivity index (χ2v) is 7.11. The van der Waals surface area contributed by atoms with E-state index >= 15 is 0 Å². The molecule has 0 saturated carbocycles. The first-order valence-corrected chi connectivity index (χ1v) is 9.33. The number of anilines is 1. The number of piperazine rings is 1. The van der Waals surface area contributed by atoms with Crippen molar-refractivity contribution < 1.29 is 9.90 Å². The smallest absolute Gasteiger partial charge is 0.317 e. The van der Waals surface area contributed by atoms with E-state index in [1.165, 1.54) is 5.69 Å². The molecule has 1 aromatic rings. The zero-order valence-electron chi connectivity index (χ0n) is 14.4. The average Bonchev–Trinajstić information content (AvgIpc) is 2.64.